The zero-order valence-electron chi connectivity index (χ0n) is 4.73. The van der Waals surface area contributed by atoms with Gasteiger partial charge in [0, 0.05) is 20.6 Å². The topological polar surface area (TPSA) is 18.5 Å². The molecule has 2 heteroatoms. The Balaban J connectivity index is 2.99. The predicted octanol–water partition coefficient (Wildman–Crippen LogP) is 0.993. The van der Waals surface area contributed by atoms with Crippen LogP contribution in [-0.4, -0.2) is 14.2 Å². The number of methoxy groups -OCH3 is 2. The minimum absolute atomic E-state index is 0.569. The van der Waals surface area contributed by atoms with E-state index in [-0.39, 0.29) is 0 Å². The summed E-state index contributed by atoms with van der Waals surface area (Å²) >= 11 is 0. The van der Waals surface area contributed by atoms with Crippen molar-refractivity contribution in [1.82, 2.24) is 0 Å². The van der Waals surface area contributed by atoms with E-state index < -0.39 is 0 Å². The van der Waals surface area contributed by atoms with Gasteiger partial charge in [0.1, 0.15) is 0 Å². The highest BCUT2D eigenvalue weighted by Crippen LogP contribution is 2.03. The first-order chi connectivity index (χ1) is 3.35. The highest BCUT2D eigenvalue weighted by Gasteiger charge is 1.99. The van der Waals surface area contributed by atoms with Gasteiger partial charge >= 0.3 is 0 Å². The van der Waals surface area contributed by atoms with Crippen molar-refractivity contribution >= 4 is 0 Å². The SMILES string of the molecule is [CH2]C[C](OC)OC. The van der Waals surface area contributed by atoms with E-state index >= 15 is 0 Å². The second-order valence-electron chi connectivity index (χ2n) is 1.03. The molecule has 0 saturated carbocycles. The van der Waals surface area contributed by atoms with E-state index in [0.717, 1.165) is 0 Å². The van der Waals surface area contributed by atoms with E-state index in [1.165, 1.54) is 0 Å². The number of hydrogen-bond donors (Lipinski definition) is 0. The van der Waals surface area contributed by atoms with Gasteiger partial charge in [-0.25, -0.2) is 0 Å². The van der Waals surface area contributed by atoms with Crippen LogP contribution < -0.4 is 0 Å². The molecule has 0 aromatic rings. The maximum absolute atomic E-state index is 4.68. The lowest BCUT2D eigenvalue weighted by Gasteiger charge is -2.05. The predicted molar refractivity (Wildman–Crippen MR) is 27.2 cm³/mol. The van der Waals surface area contributed by atoms with Crippen molar-refractivity contribution in [3.63, 3.8) is 0 Å². The molecule has 2 nitrogen and oxygen atoms in total. The highest BCUT2D eigenvalue weighted by molar-refractivity contribution is 4.63. The molecule has 0 aliphatic rings. The van der Waals surface area contributed by atoms with Crippen LogP contribution in [0.3, 0.4) is 0 Å². The van der Waals surface area contributed by atoms with Crippen molar-refractivity contribution in [3.8, 4) is 0 Å². The van der Waals surface area contributed by atoms with Crippen LogP contribution in [0.2, 0.25) is 0 Å². The normalized spacial score (nSPS) is 10.3. The quantitative estimate of drug-likeness (QED) is 0.529. The van der Waals surface area contributed by atoms with Crippen LogP contribution in [0.1, 0.15) is 6.42 Å². The van der Waals surface area contributed by atoms with Crippen LogP contribution >= 0.6 is 0 Å². The molecule has 0 amide bonds. The van der Waals surface area contributed by atoms with Crippen LogP contribution in [0, 0.1) is 13.2 Å². The summed E-state index contributed by atoms with van der Waals surface area (Å²) in [5.74, 6) is 0. The number of ether oxygens (including phenoxy) is 2. The Morgan fingerprint density at radius 3 is 1.86 bits per heavy atom. The van der Waals surface area contributed by atoms with Crippen molar-refractivity contribution in [2.24, 2.45) is 0 Å². The van der Waals surface area contributed by atoms with E-state index in [0.29, 0.717) is 12.7 Å². The molecule has 7 heavy (non-hydrogen) atoms. The first-order valence-corrected chi connectivity index (χ1v) is 2.08. The lowest BCUT2D eigenvalue weighted by atomic mass is 10.5. The Kier molecular flexibility index (Phi) is 4.04. The summed E-state index contributed by atoms with van der Waals surface area (Å²) in [4.78, 5) is 0. The Morgan fingerprint density at radius 2 is 1.86 bits per heavy atom. The van der Waals surface area contributed by atoms with Gasteiger partial charge in [0.2, 0.25) is 6.29 Å². The van der Waals surface area contributed by atoms with Gasteiger partial charge in [-0.1, -0.05) is 0 Å². The monoisotopic (exact) mass is 102 g/mol. The Morgan fingerprint density at radius 1 is 1.43 bits per heavy atom. The third-order valence-corrected chi connectivity index (χ3v) is 0.659. The smallest absolute Gasteiger partial charge is 0.223 e. The fourth-order valence-corrected chi connectivity index (χ4v) is 0.287. The second-order valence-corrected chi connectivity index (χ2v) is 1.03. The minimum Gasteiger partial charge on any atom is -0.349 e. The highest BCUT2D eigenvalue weighted by atomic mass is 16.7. The van der Waals surface area contributed by atoms with Crippen LogP contribution in [0.5, 0.6) is 0 Å². The molecule has 0 aliphatic heterocycles. The molecule has 0 fully saturated rings. The van der Waals surface area contributed by atoms with Crippen molar-refractivity contribution < 1.29 is 9.47 Å². The summed E-state index contributed by atoms with van der Waals surface area (Å²) in [5, 5.41) is 0. The van der Waals surface area contributed by atoms with Crippen molar-refractivity contribution in [2.75, 3.05) is 14.2 Å². The van der Waals surface area contributed by atoms with Gasteiger partial charge in [0.25, 0.3) is 0 Å². The third-order valence-electron chi connectivity index (χ3n) is 0.659. The lowest BCUT2D eigenvalue weighted by molar-refractivity contribution is 0.00381. The van der Waals surface area contributed by atoms with E-state index in [2.05, 4.69) is 16.4 Å². The van der Waals surface area contributed by atoms with Crippen molar-refractivity contribution in [3.05, 3.63) is 13.2 Å². The molecule has 0 aromatic carbocycles. The van der Waals surface area contributed by atoms with Crippen LogP contribution in [0.4, 0.5) is 0 Å². The molecule has 0 N–H and O–H groups in total. The first kappa shape index (κ1) is 6.92. The summed E-state index contributed by atoms with van der Waals surface area (Å²) in [6.07, 6.45) is 1.15. The molecule has 42 valence electrons. The fourth-order valence-electron chi connectivity index (χ4n) is 0.287. The molecule has 0 rings (SSSR count). The molecular formula is C5H10O2. The lowest BCUT2D eigenvalue weighted by Crippen LogP contribution is -1.99. The van der Waals surface area contributed by atoms with Crippen molar-refractivity contribution in [1.29, 1.82) is 0 Å². The van der Waals surface area contributed by atoms with Crippen LogP contribution in [0.25, 0.3) is 0 Å². The molecule has 0 heterocycles. The molecule has 0 spiro atoms. The van der Waals surface area contributed by atoms with E-state index in [4.69, 9.17) is 0 Å². The molecule has 2 radical (unpaired) electrons. The largest absolute Gasteiger partial charge is 0.349 e. The molecule has 0 saturated heterocycles. The zero-order valence-corrected chi connectivity index (χ0v) is 4.73. The first-order valence-electron chi connectivity index (χ1n) is 2.08. The average Bonchev–Trinajstić information content (AvgIpc) is 1.72. The Labute approximate surface area is 44.4 Å². The molecule has 0 aliphatic carbocycles. The van der Waals surface area contributed by atoms with Gasteiger partial charge in [-0.05, 0) is 6.92 Å². The zero-order chi connectivity index (χ0) is 5.70. The van der Waals surface area contributed by atoms with Gasteiger partial charge in [0.05, 0.1) is 0 Å². The van der Waals surface area contributed by atoms with Gasteiger partial charge in [-0.3, -0.25) is 0 Å². The molecule has 0 atom stereocenters. The third kappa shape index (κ3) is 2.60. The molecular weight excluding hydrogens is 92.1 g/mol. The van der Waals surface area contributed by atoms with E-state index in [9.17, 15) is 0 Å². The van der Waals surface area contributed by atoms with E-state index in [1.807, 2.05) is 0 Å². The van der Waals surface area contributed by atoms with Crippen LogP contribution in [-0.2, 0) is 9.47 Å². The van der Waals surface area contributed by atoms with Gasteiger partial charge < -0.3 is 9.47 Å². The Bertz CT molecular complexity index is 27.6. The van der Waals surface area contributed by atoms with Crippen molar-refractivity contribution in [2.45, 2.75) is 6.42 Å². The number of rotatable bonds is 3. The summed E-state index contributed by atoms with van der Waals surface area (Å²) < 4.78 is 9.36. The molecule has 0 aromatic heterocycles. The van der Waals surface area contributed by atoms with Gasteiger partial charge in [-0.2, -0.15) is 0 Å². The summed E-state index contributed by atoms with van der Waals surface area (Å²) in [5.41, 5.74) is 0. The average molecular weight is 102 g/mol. The molecule has 0 bridgehead atoms. The summed E-state index contributed by atoms with van der Waals surface area (Å²) in [6.45, 7) is 3.54. The van der Waals surface area contributed by atoms with Crippen LogP contribution in [0.15, 0.2) is 0 Å². The summed E-state index contributed by atoms with van der Waals surface area (Å²) in [7, 11) is 3.12. The maximum Gasteiger partial charge on any atom is 0.223 e. The number of hydrogen-bond acceptors (Lipinski definition) is 2. The fraction of sp³-hybridized carbons (Fsp3) is 0.600. The van der Waals surface area contributed by atoms with E-state index in [1.54, 1.807) is 14.2 Å². The maximum atomic E-state index is 4.68. The molecule has 0 unspecified atom stereocenters. The Hall–Kier alpha value is -0.0800. The summed E-state index contributed by atoms with van der Waals surface area (Å²) in [6, 6.07) is 0. The minimum atomic E-state index is 0.569. The van der Waals surface area contributed by atoms with Gasteiger partial charge in [0.15, 0.2) is 0 Å². The standard InChI is InChI=1S/C5H10O2/c1-4-5(6-2)7-3/h1,4H2,2-3H3. The second kappa shape index (κ2) is 4.09. The van der Waals surface area contributed by atoms with Gasteiger partial charge in [-0.15, -0.1) is 0 Å².